The lowest BCUT2D eigenvalue weighted by atomic mass is 10.0. The first kappa shape index (κ1) is 21.9. The van der Waals surface area contributed by atoms with E-state index in [0.29, 0.717) is 15.3 Å². The van der Waals surface area contributed by atoms with Crippen molar-refractivity contribution in [1.29, 1.82) is 0 Å². The second-order valence-electron chi connectivity index (χ2n) is 8.18. The van der Waals surface area contributed by atoms with Crippen LogP contribution >= 0.6 is 11.3 Å². The molecule has 0 aliphatic carbocycles. The van der Waals surface area contributed by atoms with Crippen molar-refractivity contribution in [1.82, 2.24) is 29.4 Å². The van der Waals surface area contributed by atoms with Gasteiger partial charge in [0.15, 0.2) is 5.82 Å². The Labute approximate surface area is 209 Å². The summed E-state index contributed by atoms with van der Waals surface area (Å²) in [5.41, 5.74) is 4.98. The van der Waals surface area contributed by atoms with E-state index in [1.807, 2.05) is 84.5 Å². The highest BCUT2D eigenvalue weighted by Crippen LogP contribution is 2.29. The number of hydrogen-bond acceptors (Lipinski definition) is 7. The Balaban J connectivity index is 1.50. The number of ether oxygens (including phenoxy) is 1. The second kappa shape index (κ2) is 8.86. The molecule has 0 saturated carbocycles. The molecule has 0 saturated heterocycles. The number of hydrogen-bond donors (Lipinski definition) is 0. The van der Waals surface area contributed by atoms with E-state index in [9.17, 15) is 4.79 Å². The molecule has 2 aromatic carbocycles. The first-order valence-corrected chi connectivity index (χ1v) is 12.0. The van der Waals surface area contributed by atoms with Gasteiger partial charge in [-0.2, -0.15) is 14.6 Å². The molecule has 0 spiro atoms. The molecule has 0 amide bonds. The topological polar surface area (TPSA) is 87.2 Å². The highest BCUT2D eigenvalue weighted by Gasteiger charge is 2.15. The van der Waals surface area contributed by atoms with Gasteiger partial charge in [-0.05, 0) is 61.0 Å². The van der Waals surface area contributed by atoms with Crippen molar-refractivity contribution in [3.63, 3.8) is 0 Å². The molecule has 0 atom stereocenters. The van der Waals surface area contributed by atoms with Crippen LogP contribution in [0.5, 0.6) is 5.75 Å². The van der Waals surface area contributed by atoms with Gasteiger partial charge < -0.3 is 4.74 Å². The quantitative estimate of drug-likeness (QED) is 0.362. The van der Waals surface area contributed by atoms with Crippen molar-refractivity contribution in [2.45, 2.75) is 6.92 Å². The van der Waals surface area contributed by atoms with Crippen LogP contribution in [0, 0.1) is 6.92 Å². The molecule has 0 aliphatic rings. The van der Waals surface area contributed by atoms with E-state index in [1.54, 1.807) is 19.5 Å². The van der Waals surface area contributed by atoms with Gasteiger partial charge in [0.1, 0.15) is 11.4 Å². The Morgan fingerprint density at radius 1 is 1.00 bits per heavy atom. The maximum absolute atomic E-state index is 13.2. The molecule has 0 N–H and O–H groups in total. The van der Waals surface area contributed by atoms with Crippen molar-refractivity contribution in [3.05, 3.63) is 105 Å². The van der Waals surface area contributed by atoms with Crippen molar-refractivity contribution in [3.8, 4) is 34.1 Å². The third-order valence-corrected chi connectivity index (χ3v) is 6.78. The molecule has 8 nitrogen and oxygen atoms in total. The summed E-state index contributed by atoms with van der Waals surface area (Å²) in [6.07, 6.45) is 7.15. The highest BCUT2D eigenvalue weighted by atomic mass is 32.1. The average Bonchev–Trinajstić information content (AvgIpc) is 3.60. The fourth-order valence-electron chi connectivity index (χ4n) is 4.05. The molecule has 36 heavy (non-hydrogen) atoms. The van der Waals surface area contributed by atoms with Gasteiger partial charge in [0.25, 0.3) is 5.56 Å². The summed E-state index contributed by atoms with van der Waals surface area (Å²) in [5, 5.41) is 9.29. The minimum absolute atomic E-state index is 0.220. The molecule has 0 radical (unpaired) electrons. The van der Waals surface area contributed by atoms with Gasteiger partial charge in [0, 0.05) is 35.3 Å². The third-order valence-electron chi connectivity index (χ3n) is 5.82. The van der Waals surface area contributed by atoms with E-state index in [-0.39, 0.29) is 5.56 Å². The summed E-state index contributed by atoms with van der Waals surface area (Å²) in [6.45, 7) is 2.00. The Hall–Kier alpha value is -4.63. The number of thiazole rings is 1. The van der Waals surface area contributed by atoms with Crippen LogP contribution in [-0.4, -0.2) is 36.5 Å². The molecular weight excluding hydrogens is 472 g/mol. The monoisotopic (exact) mass is 492 g/mol. The van der Waals surface area contributed by atoms with E-state index in [1.165, 1.54) is 15.9 Å². The number of benzene rings is 2. The Bertz CT molecular complexity index is 1810. The third kappa shape index (κ3) is 3.85. The first-order valence-electron chi connectivity index (χ1n) is 11.2. The van der Waals surface area contributed by atoms with Gasteiger partial charge in [0.05, 0.1) is 17.3 Å². The lowest BCUT2D eigenvalue weighted by molar-refractivity contribution is 0.412. The van der Waals surface area contributed by atoms with Crippen LogP contribution in [-0.2, 0) is 0 Å². The van der Waals surface area contributed by atoms with Gasteiger partial charge in [-0.15, -0.1) is 5.10 Å². The zero-order valence-electron chi connectivity index (χ0n) is 19.5. The SMILES string of the molecule is COc1ccc(-c2nn(-c3ccccc3)cc2C=c2sc3nc(-c4cccnc4)nn3c2=O)cc1C. The molecule has 0 aliphatic heterocycles. The van der Waals surface area contributed by atoms with Crippen LogP contribution in [0.3, 0.4) is 0 Å². The van der Waals surface area contributed by atoms with Crippen molar-refractivity contribution < 1.29 is 4.74 Å². The summed E-state index contributed by atoms with van der Waals surface area (Å²) in [4.78, 5) is 22.4. The van der Waals surface area contributed by atoms with Crippen molar-refractivity contribution in [2.75, 3.05) is 7.11 Å². The second-order valence-corrected chi connectivity index (χ2v) is 9.19. The normalized spacial score (nSPS) is 11.9. The molecule has 6 aromatic rings. The lowest BCUT2D eigenvalue weighted by Gasteiger charge is -2.06. The molecule has 0 unspecified atom stereocenters. The van der Waals surface area contributed by atoms with Crippen LogP contribution in [0.25, 0.3) is 39.4 Å². The zero-order chi connectivity index (χ0) is 24.6. The number of rotatable bonds is 5. The predicted molar refractivity (Wildman–Crippen MR) is 139 cm³/mol. The van der Waals surface area contributed by atoms with Gasteiger partial charge in [-0.3, -0.25) is 9.78 Å². The minimum Gasteiger partial charge on any atom is -0.496 e. The summed E-state index contributed by atoms with van der Waals surface area (Å²) in [5.74, 6) is 1.29. The van der Waals surface area contributed by atoms with Gasteiger partial charge >= 0.3 is 0 Å². The number of nitrogens with zero attached hydrogens (tertiary/aromatic N) is 6. The fraction of sp³-hybridized carbons (Fsp3) is 0.0741. The van der Waals surface area contributed by atoms with Crippen molar-refractivity contribution in [2.24, 2.45) is 0 Å². The van der Waals surface area contributed by atoms with Crippen LogP contribution < -0.4 is 14.8 Å². The summed E-state index contributed by atoms with van der Waals surface area (Å²) in [6, 6.07) is 19.5. The van der Waals surface area contributed by atoms with Crippen LogP contribution in [0.15, 0.2) is 84.0 Å². The van der Waals surface area contributed by atoms with Crippen molar-refractivity contribution >= 4 is 22.4 Å². The first-order chi connectivity index (χ1) is 17.6. The summed E-state index contributed by atoms with van der Waals surface area (Å²) in [7, 11) is 1.65. The summed E-state index contributed by atoms with van der Waals surface area (Å²) < 4.78 is 9.12. The molecule has 4 aromatic heterocycles. The highest BCUT2D eigenvalue weighted by molar-refractivity contribution is 7.15. The minimum atomic E-state index is -0.220. The molecule has 9 heteroatoms. The Morgan fingerprint density at radius 2 is 1.86 bits per heavy atom. The zero-order valence-corrected chi connectivity index (χ0v) is 20.3. The average molecular weight is 493 g/mol. The van der Waals surface area contributed by atoms with E-state index in [4.69, 9.17) is 9.84 Å². The standard InChI is InChI=1S/C27H20N6O2S/c1-17-13-18(10-11-22(17)35-2)24-20(16-32(30-24)21-8-4-3-5-9-21)14-23-26(34)33-27(36-23)29-25(31-33)19-7-6-12-28-15-19/h3-16H,1-2H3. The molecule has 4 heterocycles. The van der Waals surface area contributed by atoms with Gasteiger partial charge in [0.2, 0.25) is 4.96 Å². The Kier molecular flexibility index (Phi) is 5.38. The van der Waals surface area contributed by atoms with Crippen LogP contribution in [0.1, 0.15) is 11.1 Å². The van der Waals surface area contributed by atoms with Gasteiger partial charge in [-0.1, -0.05) is 29.5 Å². The largest absolute Gasteiger partial charge is 0.496 e. The number of fused-ring (bicyclic) bond motifs is 1. The fourth-order valence-corrected chi connectivity index (χ4v) is 4.95. The maximum atomic E-state index is 13.2. The molecule has 6 rings (SSSR count). The molecule has 0 fully saturated rings. The number of para-hydroxylation sites is 1. The van der Waals surface area contributed by atoms with E-state index in [0.717, 1.165) is 39.4 Å². The lowest BCUT2D eigenvalue weighted by Crippen LogP contribution is -2.23. The maximum Gasteiger partial charge on any atom is 0.291 e. The van der Waals surface area contributed by atoms with Gasteiger partial charge in [-0.25, -0.2) is 4.68 Å². The summed E-state index contributed by atoms with van der Waals surface area (Å²) >= 11 is 1.30. The molecular formula is C27H20N6O2S. The van der Waals surface area contributed by atoms with E-state index < -0.39 is 0 Å². The number of methoxy groups -OCH3 is 1. The molecule has 0 bridgehead atoms. The smallest absolute Gasteiger partial charge is 0.291 e. The van der Waals surface area contributed by atoms with Crippen LogP contribution in [0.2, 0.25) is 0 Å². The van der Waals surface area contributed by atoms with E-state index in [2.05, 4.69) is 15.1 Å². The number of aryl methyl sites for hydroxylation is 1. The molecule has 176 valence electrons. The Morgan fingerprint density at radius 3 is 2.58 bits per heavy atom. The number of aromatic nitrogens is 6. The van der Waals surface area contributed by atoms with Crippen LogP contribution in [0.4, 0.5) is 0 Å². The predicted octanol–water partition coefficient (Wildman–Crippen LogP) is 3.93. The van der Waals surface area contributed by atoms with E-state index >= 15 is 0 Å². The number of pyridine rings is 1.